The molecule has 0 saturated carbocycles. The van der Waals surface area contributed by atoms with Crippen LogP contribution in [0.1, 0.15) is 32.6 Å². The van der Waals surface area contributed by atoms with Crippen LogP contribution in [-0.2, 0) is 0 Å². The van der Waals surface area contributed by atoms with E-state index in [1.54, 1.807) is 5.57 Å². The number of hydrogen-bond donors (Lipinski definition) is 0. The highest BCUT2D eigenvalue weighted by Gasteiger charge is 2.11. The summed E-state index contributed by atoms with van der Waals surface area (Å²) in [5, 5.41) is 0. The van der Waals surface area contributed by atoms with Crippen LogP contribution in [0.4, 0.5) is 0 Å². The molecule has 0 saturated heterocycles. The second kappa shape index (κ2) is 4.45. The van der Waals surface area contributed by atoms with Crippen LogP contribution in [0.3, 0.4) is 0 Å². The highest BCUT2D eigenvalue weighted by molar-refractivity contribution is 5.43. The average Bonchev–Trinajstić information content (AvgIpc) is 2.47. The number of hydrogen-bond acceptors (Lipinski definition) is 0. The highest BCUT2D eigenvalue weighted by Crippen LogP contribution is 2.28. The lowest BCUT2D eigenvalue weighted by molar-refractivity contribution is 0.517. The molecule has 0 aromatic heterocycles. The van der Waals surface area contributed by atoms with Gasteiger partial charge < -0.3 is 0 Å². The zero-order valence-corrected chi connectivity index (χ0v) is 8.87. The molecule has 0 aliphatic heterocycles. The first-order valence-electron chi connectivity index (χ1n) is 5.59. The largest absolute Gasteiger partial charge is 0.0807 e. The Morgan fingerprint density at radius 3 is 3.00 bits per heavy atom. The van der Waals surface area contributed by atoms with Crippen LogP contribution in [0, 0.1) is 5.92 Å². The molecule has 2 rings (SSSR count). The van der Waals surface area contributed by atoms with E-state index < -0.39 is 0 Å². The molecule has 0 heterocycles. The van der Waals surface area contributed by atoms with Crippen LogP contribution in [-0.4, -0.2) is 0 Å². The second-order valence-electron chi connectivity index (χ2n) is 4.30. The van der Waals surface area contributed by atoms with Gasteiger partial charge in [0.05, 0.1) is 0 Å². The van der Waals surface area contributed by atoms with Crippen molar-refractivity contribution in [1.29, 1.82) is 0 Å². The summed E-state index contributed by atoms with van der Waals surface area (Å²) < 4.78 is 0. The fraction of sp³-hybridized carbons (Fsp3) is 0.429. The van der Waals surface area contributed by atoms with Gasteiger partial charge >= 0.3 is 0 Å². The summed E-state index contributed by atoms with van der Waals surface area (Å²) in [5.74, 6) is 0.879. The van der Waals surface area contributed by atoms with Crippen molar-refractivity contribution in [2.75, 3.05) is 0 Å². The third-order valence-corrected chi connectivity index (χ3v) is 3.03. The molecule has 0 nitrogen and oxygen atoms in total. The maximum absolute atomic E-state index is 2.42. The van der Waals surface area contributed by atoms with Gasteiger partial charge in [-0.05, 0) is 42.7 Å². The molecule has 1 unspecified atom stereocenters. The summed E-state index contributed by atoms with van der Waals surface area (Å²) in [6, 6.07) is 0. The smallest absolute Gasteiger partial charge is 0.0163 e. The van der Waals surface area contributed by atoms with E-state index in [9.17, 15) is 0 Å². The van der Waals surface area contributed by atoms with Crippen LogP contribution in [0.25, 0.3) is 0 Å². The van der Waals surface area contributed by atoms with Gasteiger partial charge in [0, 0.05) is 0 Å². The van der Waals surface area contributed by atoms with Crippen molar-refractivity contribution < 1.29 is 0 Å². The van der Waals surface area contributed by atoms with Gasteiger partial charge in [-0.2, -0.15) is 0 Å². The van der Waals surface area contributed by atoms with E-state index in [1.807, 2.05) is 0 Å². The van der Waals surface area contributed by atoms with Crippen molar-refractivity contribution in [2.24, 2.45) is 5.92 Å². The molecule has 2 aliphatic carbocycles. The summed E-state index contributed by atoms with van der Waals surface area (Å²) in [5.41, 5.74) is 2.97. The molecule has 74 valence electrons. The molecule has 1 atom stereocenters. The normalized spacial score (nSPS) is 26.8. The minimum atomic E-state index is 0.879. The Bertz CT molecular complexity index is 313. The molecule has 0 aromatic rings. The second-order valence-corrected chi connectivity index (χ2v) is 4.30. The molecule has 0 radical (unpaired) electrons. The minimum absolute atomic E-state index is 0.879. The van der Waals surface area contributed by atoms with Crippen molar-refractivity contribution in [2.45, 2.75) is 32.6 Å². The molecule has 0 spiro atoms. The lowest BCUT2D eigenvalue weighted by Gasteiger charge is -2.18. The molecule has 0 fully saturated rings. The van der Waals surface area contributed by atoms with Gasteiger partial charge in [0.1, 0.15) is 0 Å². The van der Waals surface area contributed by atoms with Gasteiger partial charge in [0.25, 0.3) is 0 Å². The molecule has 0 amide bonds. The molecule has 0 aromatic carbocycles. The quantitative estimate of drug-likeness (QED) is 0.576. The summed E-state index contributed by atoms with van der Waals surface area (Å²) >= 11 is 0. The Balaban J connectivity index is 2.14. The third kappa shape index (κ3) is 2.25. The molecular formula is C14H18. The zero-order valence-electron chi connectivity index (χ0n) is 8.87. The van der Waals surface area contributed by atoms with E-state index in [0.717, 1.165) is 12.3 Å². The van der Waals surface area contributed by atoms with Gasteiger partial charge in [-0.25, -0.2) is 0 Å². The lowest BCUT2D eigenvalue weighted by atomic mass is 9.87. The van der Waals surface area contributed by atoms with Gasteiger partial charge in [-0.3, -0.25) is 0 Å². The van der Waals surface area contributed by atoms with Gasteiger partial charge in [0.2, 0.25) is 0 Å². The Hall–Kier alpha value is -1.04. The minimum Gasteiger partial charge on any atom is -0.0807 e. The Labute approximate surface area is 86.7 Å². The maximum atomic E-state index is 2.42. The van der Waals surface area contributed by atoms with Crippen LogP contribution < -0.4 is 0 Å². The standard InChI is InChI=1S/C14H18/c1-12-8-10-14(11-9-12)13-6-4-2-3-5-7-13/h2,4-7,10,12H,3,8-9,11H2,1H3. The van der Waals surface area contributed by atoms with Crippen LogP contribution in [0.15, 0.2) is 47.6 Å². The number of rotatable bonds is 1. The van der Waals surface area contributed by atoms with Gasteiger partial charge in [0.15, 0.2) is 0 Å². The summed E-state index contributed by atoms with van der Waals surface area (Å²) in [7, 11) is 0. The fourth-order valence-corrected chi connectivity index (χ4v) is 2.02. The predicted octanol–water partition coefficient (Wildman–Crippen LogP) is 4.18. The molecule has 14 heavy (non-hydrogen) atoms. The van der Waals surface area contributed by atoms with Crippen molar-refractivity contribution in [1.82, 2.24) is 0 Å². The predicted molar refractivity (Wildman–Crippen MR) is 62.1 cm³/mol. The molecule has 0 N–H and O–H groups in total. The van der Waals surface area contributed by atoms with Gasteiger partial charge in [-0.15, -0.1) is 0 Å². The fourth-order valence-electron chi connectivity index (χ4n) is 2.02. The summed E-state index contributed by atoms with van der Waals surface area (Å²) in [4.78, 5) is 0. The van der Waals surface area contributed by atoms with E-state index in [0.29, 0.717) is 0 Å². The van der Waals surface area contributed by atoms with Crippen molar-refractivity contribution in [3.63, 3.8) is 0 Å². The number of allylic oxidation sites excluding steroid dienone is 8. The summed E-state index contributed by atoms with van der Waals surface area (Å²) in [6.45, 7) is 2.34. The van der Waals surface area contributed by atoms with Crippen LogP contribution >= 0.6 is 0 Å². The van der Waals surface area contributed by atoms with Crippen molar-refractivity contribution in [3.8, 4) is 0 Å². The van der Waals surface area contributed by atoms with Crippen LogP contribution in [0.2, 0.25) is 0 Å². The van der Waals surface area contributed by atoms with E-state index in [1.165, 1.54) is 24.8 Å². The molecule has 2 aliphatic rings. The monoisotopic (exact) mass is 186 g/mol. The van der Waals surface area contributed by atoms with E-state index in [-0.39, 0.29) is 0 Å². The zero-order chi connectivity index (χ0) is 9.80. The van der Waals surface area contributed by atoms with E-state index in [4.69, 9.17) is 0 Å². The Kier molecular flexibility index (Phi) is 3.03. The molecule has 0 bridgehead atoms. The lowest BCUT2D eigenvalue weighted by Crippen LogP contribution is -2.02. The first kappa shape index (κ1) is 9.51. The maximum Gasteiger partial charge on any atom is -0.0163 e. The Morgan fingerprint density at radius 1 is 1.29 bits per heavy atom. The molecular weight excluding hydrogens is 168 g/mol. The van der Waals surface area contributed by atoms with E-state index in [2.05, 4.69) is 43.4 Å². The van der Waals surface area contributed by atoms with E-state index >= 15 is 0 Å². The SMILES string of the molecule is CC1CC=C(C2=CC=CCC=C2)CC1. The average molecular weight is 186 g/mol. The first-order valence-corrected chi connectivity index (χ1v) is 5.59. The highest BCUT2D eigenvalue weighted by atomic mass is 14.2. The summed E-state index contributed by atoms with van der Waals surface area (Å²) in [6.07, 6.45) is 18.5. The van der Waals surface area contributed by atoms with Crippen LogP contribution in [0.5, 0.6) is 0 Å². The Morgan fingerprint density at radius 2 is 2.21 bits per heavy atom. The third-order valence-electron chi connectivity index (χ3n) is 3.03. The van der Waals surface area contributed by atoms with Gasteiger partial charge in [-0.1, -0.05) is 43.4 Å². The van der Waals surface area contributed by atoms with Crippen molar-refractivity contribution in [3.05, 3.63) is 47.6 Å². The molecule has 0 heteroatoms. The first-order chi connectivity index (χ1) is 6.86. The topological polar surface area (TPSA) is 0 Å². The van der Waals surface area contributed by atoms with Crippen molar-refractivity contribution >= 4 is 0 Å².